The van der Waals surface area contributed by atoms with Gasteiger partial charge in [-0.3, -0.25) is 0 Å². The van der Waals surface area contributed by atoms with Crippen LogP contribution in [0, 0.1) is 0 Å². The van der Waals surface area contributed by atoms with Gasteiger partial charge in [0.25, 0.3) is 0 Å². The van der Waals surface area contributed by atoms with Gasteiger partial charge in [0.05, 0.1) is 0 Å². The van der Waals surface area contributed by atoms with E-state index in [-0.39, 0.29) is 0 Å². The molecule has 0 atom stereocenters. The van der Waals surface area contributed by atoms with Crippen LogP contribution in [0.2, 0.25) is 0 Å². The minimum Gasteiger partial charge on any atom is -0.0885 e. The van der Waals surface area contributed by atoms with Gasteiger partial charge in [0.2, 0.25) is 0 Å². The molecule has 0 nitrogen and oxygen atoms in total. The van der Waals surface area contributed by atoms with Crippen LogP contribution in [-0.4, -0.2) is 0 Å². The molecule has 0 unspecified atom stereocenters. The molecule has 0 spiro atoms. The van der Waals surface area contributed by atoms with Crippen LogP contribution >= 0.6 is 0 Å². The first kappa shape index (κ1) is 29.5. The van der Waals surface area contributed by atoms with Gasteiger partial charge in [-0.05, 0) is 51.4 Å². The summed E-state index contributed by atoms with van der Waals surface area (Å²) < 4.78 is 0. The molecule has 0 aromatic rings. The molecular weight excluding hydrogens is 360 g/mol. The molecule has 0 amide bonds. The fourth-order valence-electron chi connectivity index (χ4n) is 4.14. The molecule has 0 aliphatic heterocycles. The van der Waals surface area contributed by atoms with Crippen LogP contribution < -0.4 is 0 Å². The van der Waals surface area contributed by atoms with Gasteiger partial charge < -0.3 is 0 Å². The standard InChI is InChI=1S/C30H58/c1-3-5-7-9-11-13-15-17-19-21-23-25-27-29-30-28-26-24-22-20-18-16-14-12-10-8-6-4-2/h17,19,22,24H,3-16,18,20-21,23,25-30H2,1-2H3/b19-17+,24-22+. The predicted molar refractivity (Wildman–Crippen MR) is 140 cm³/mol. The summed E-state index contributed by atoms with van der Waals surface area (Å²) in [5, 5.41) is 0. The van der Waals surface area contributed by atoms with E-state index in [9.17, 15) is 0 Å². The molecule has 0 aliphatic rings. The van der Waals surface area contributed by atoms with Crippen LogP contribution in [0.4, 0.5) is 0 Å². The predicted octanol–water partition coefficient (Wildman–Crippen LogP) is 11.5. The molecule has 0 aromatic heterocycles. The van der Waals surface area contributed by atoms with Gasteiger partial charge in [-0.15, -0.1) is 0 Å². The van der Waals surface area contributed by atoms with Crippen molar-refractivity contribution in [2.24, 2.45) is 0 Å². The molecule has 0 saturated heterocycles. The van der Waals surface area contributed by atoms with Crippen LogP contribution in [0.5, 0.6) is 0 Å². The Hall–Kier alpha value is -0.520. The molecule has 0 N–H and O–H groups in total. The molecular formula is C30H58. The van der Waals surface area contributed by atoms with Crippen molar-refractivity contribution >= 4 is 0 Å². The molecule has 0 aromatic carbocycles. The lowest BCUT2D eigenvalue weighted by molar-refractivity contribution is 0.577. The highest BCUT2D eigenvalue weighted by molar-refractivity contribution is 4.82. The van der Waals surface area contributed by atoms with Crippen LogP contribution in [0.3, 0.4) is 0 Å². The van der Waals surface area contributed by atoms with E-state index < -0.39 is 0 Å². The molecule has 178 valence electrons. The van der Waals surface area contributed by atoms with Crippen LogP contribution in [0.25, 0.3) is 0 Å². The van der Waals surface area contributed by atoms with Gasteiger partial charge in [0, 0.05) is 0 Å². The van der Waals surface area contributed by atoms with E-state index in [2.05, 4.69) is 38.2 Å². The second-order valence-corrected chi connectivity index (χ2v) is 9.46. The average Bonchev–Trinajstić information content (AvgIpc) is 2.76. The number of allylic oxidation sites excluding steroid dienone is 4. The molecule has 0 aliphatic carbocycles. The number of hydrogen-bond donors (Lipinski definition) is 0. The van der Waals surface area contributed by atoms with Crippen LogP contribution in [-0.2, 0) is 0 Å². The third-order valence-electron chi connectivity index (χ3n) is 6.27. The van der Waals surface area contributed by atoms with Gasteiger partial charge in [-0.2, -0.15) is 0 Å². The summed E-state index contributed by atoms with van der Waals surface area (Å²) in [7, 11) is 0. The zero-order valence-electron chi connectivity index (χ0n) is 21.3. The van der Waals surface area contributed by atoms with E-state index in [1.807, 2.05) is 0 Å². The first-order valence-corrected chi connectivity index (χ1v) is 14.2. The SMILES string of the molecule is CCCCCCCC/C=C/CCCCCCCC/C=C/CCCCCCCCCC. The van der Waals surface area contributed by atoms with Crippen LogP contribution in [0.15, 0.2) is 24.3 Å². The van der Waals surface area contributed by atoms with Crippen molar-refractivity contribution < 1.29 is 0 Å². The van der Waals surface area contributed by atoms with E-state index in [1.165, 1.54) is 154 Å². The van der Waals surface area contributed by atoms with Crippen molar-refractivity contribution in [3.63, 3.8) is 0 Å². The van der Waals surface area contributed by atoms with Crippen molar-refractivity contribution in [2.45, 2.75) is 168 Å². The average molecular weight is 419 g/mol. The van der Waals surface area contributed by atoms with E-state index in [0.29, 0.717) is 0 Å². The summed E-state index contributed by atoms with van der Waals surface area (Å²) in [6.45, 7) is 4.59. The Balaban J connectivity index is 3.12. The maximum Gasteiger partial charge on any atom is -0.0351 e. The summed E-state index contributed by atoms with van der Waals surface area (Å²) in [6, 6.07) is 0. The lowest BCUT2D eigenvalue weighted by Gasteiger charge is -2.00. The third kappa shape index (κ3) is 27.5. The van der Waals surface area contributed by atoms with Gasteiger partial charge in [0.15, 0.2) is 0 Å². The largest absolute Gasteiger partial charge is 0.0885 e. The molecule has 0 bridgehead atoms. The lowest BCUT2D eigenvalue weighted by Crippen LogP contribution is -1.81. The maximum absolute atomic E-state index is 2.44. The summed E-state index contributed by atoms with van der Waals surface area (Å²) in [4.78, 5) is 0. The first-order valence-electron chi connectivity index (χ1n) is 14.2. The molecule has 0 fully saturated rings. The van der Waals surface area contributed by atoms with Gasteiger partial charge in [-0.25, -0.2) is 0 Å². The molecule has 0 heteroatoms. The van der Waals surface area contributed by atoms with E-state index in [1.54, 1.807) is 0 Å². The minimum atomic E-state index is 1.30. The summed E-state index contributed by atoms with van der Waals surface area (Å²) in [6.07, 6.45) is 43.4. The summed E-state index contributed by atoms with van der Waals surface area (Å²) >= 11 is 0. The number of rotatable bonds is 25. The Bertz CT molecular complexity index is 338. The highest BCUT2D eigenvalue weighted by Gasteiger charge is 1.92. The van der Waals surface area contributed by atoms with E-state index in [0.717, 1.165) is 0 Å². The van der Waals surface area contributed by atoms with Crippen LogP contribution in [0.1, 0.15) is 168 Å². The minimum absolute atomic E-state index is 1.30. The normalized spacial score (nSPS) is 11.9. The Morgan fingerprint density at radius 2 is 0.467 bits per heavy atom. The smallest absolute Gasteiger partial charge is 0.0351 e. The first-order chi connectivity index (χ1) is 14.9. The Morgan fingerprint density at radius 1 is 0.267 bits per heavy atom. The molecule has 30 heavy (non-hydrogen) atoms. The fourth-order valence-corrected chi connectivity index (χ4v) is 4.14. The molecule has 0 heterocycles. The van der Waals surface area contributed by atoms with Crippen molar-refractivity contribution in [1.29, 1.82) is 0 Å². The topological polar surface area (TPSA) is 0 Å². The highest BCUT2D eigenvalue weighted by Crippen LogP contribution is 2.12. The van der Waals surface area contributed by atoms with Crippen molar-refractivity contribution in [2.75, 3.05) is 0 Å². The molecule has 0 rings (SSSR count). The van der Waals surface area contributed by atoms with Crippen molar-refractivity contribution in [3.8, 4) is 0 Å². The molecule has 0 radical (unpaired) electrons. The van der Waals surface area contributed by atoms with E-state index >= 15 is 0 Å². The highest BCUT2D eigenvalue weighted by atomic mass is 14.0. The summed E-state index contributed by atoms with van der Waals surface area (Å²) in [5.41, 5.74) is 0. The summed E-state index contributed by atoms with van der Waals surface area (Å²) in [5.74, 6) is 0. The maximum atomic E-state index is 2.44. The Labute approximate surface area is 192 Å². The van der Waals surface area contributed by atoms with Gasteiger partial charge >= 0.3 is 0 Å². The number of hydrogen-bond acceptors (Lipinski definition) is 0. The Morgan fingerprint density at radius 3 is 0.700 bits per heavy atom. The zero-order chi connectivity index (χ0) is 21.8. The zero-order valence-corrected chi connectivity index (χ0v) is 21.3. The monoisotopic (exact) mass is 418 g/mol. The quantitative estimate of drug-likeness (QED) is 0.102. The van der Waals surface area contributed by atoms with E-state index in [4.69, 9.17) is 0 Å². The molecule has 0 saturated carbocycles. The lowest BCUT2D eigenvalue weighted by atomic mass is 10.1. The van der Waals surface area contributed by atoms with Crippen molar-refractivity contribution in [3.05, 3.63) is 24.3 Å². The van der Waals surface area contributed by atoms with Gasteiger partial charge in [0.1, 0.15) is 0 Å². The number of unbranched alkanes of at least 4 members (excludes halogenated alkanes) is 21. The fraction of sp³-hybridized carbons (Fsp3) is 0.867. The second kappa shape index (κ2) is 28.5. The third-order valence-corrected chi connectivity index (χ3v) is 6.27. The van der Waals surface area contributed by atoms with Gasteiger partial charge in [-0.1, -0.05) is 141 Å². The second-order valence-electron chi connectivity index (χ2n) is 9.46. The van der Waals surface area contributed by atoms with Crippen molar-refractivity contribution in [1.82, 2.24) is 0 Å². The Kier molecular flexibility index (Phi) is 28.0.